The number of carbonyl (C=O) groups is 2. The Balaban J connectivity index is 1.84. The lowest BCUT2D eigenvalue weighted by Gasteiger charge is -2.37. The molecule has 0 unspecified atom stereocenters. The summed E-state index contributed by atoms with van der Waals surface area (Å²) in [6.07, 6.45) is 0.778. The number of hydroxylamine groups is 2. The van der Waals surface area contributed by atoms with Crippen LogP contribution in [-0.4, -0.2) is 29.5 Å². The van der Waals surface area contributed by atoms with Crippen LogP contribution >= 0.6 is 11.3 Å². The van der Waals surface area contributed by atoms with Crippen molar-refractivity contribution in [2.75, 3.05) is 7.11 Å². The van der Waals surface area contributed by atoms with Gasteiger partial charge in [-0.05, 0) is 13.3 Å². The summed E-state index contributed by atoms with van der Waals surface area (Å²) in [7, 11) is 1.61. The van der Waals surface area contributed by atoms with E-state index >= 15 is 0 Å². The summed E-state index contributed by atoms with van der Waals surface area (Å²) >= 11 is 1.47. The number of ether oxygens (including phenoxy) is 1. The predicted molar refractivity (Wildman–Crippen MR) is 67.8 cm³/mol. The third-order valence-electron chi connectivity index (χ3n) is 3.64. The zero-order valence-electron chi connectivity index (χ0n) is 10.7. The lowest BCUT2D eigenvalue weighted by atomic mass is 9.90. The molecule has 7 heteroatoms. The van der Waals surface area contributed by atoms with Crippen molar-refractivity contribution >= 4 is 23.2 Å². The average Bonchev–Trinajstić information content (AvgIpc) is 2.94. The number of methoxy groups -OCH3 is 1. The van der Waals surface area contributed by atoms with Crippen LogP contribution in [0.25, 0.3) is 0 Å². The minimum absolute atomic E-state index is 0.228. The summed E-state index contributed by atoms with van der Waals surface area (Å²) in [6.45, 7) is 2.27. The summed E-state index contributed by atoms with van der Waals surface area (Å²) in [5.41, 5.74) is 0.133. The number of imide groups is 1. The van der Waals surface area contributed by atoms with Gasteiger partial charge >= 0.3 is 0 Å². The van der Waals surface area contributed by atoms with Crippen LogP contribution in [0.1, 0.15) is 25.3 Å². The molecule has 6 nitrogen and oxygen atoms in total. The summed E-state index contributed by atoms with van der Waals surface area (Å²) in [6, 6.07) is 0. The Hall–Kier alpha value is -1.60. The lowest BCUT2D eigenvalue weighted by Crippen LogP contribution is -2.60. The van der Waals surface area contributed by atoms with Gasteiger partial charge in [0.1, 0.15) is 5.54 Å². The molecule has 3 rings (SSSR count). The van der Waals surface area contributed by atoms with Crippen LogP contribution in [0.5, 0.6) is 10.8 Å². The van der Waals surface area contributed by atoms with Crippen molar-refractivity contribution in [1.82, 2.24) is 10.4 Å². The topological polar surface area (TPSA) is 67.9 Å². The molecule has 1 aromatic heterocycles. The Morgan fingerprint density at radius 2 is 2.32 bits per heavy atom. The highest BCUT2D eigenvalue weighted by atomic mass is 32.1. The van der Waals surface area contributed by atoms with Crippen molar-refractivity contribution < 1.29 is 19.2 Å². The minimum Gasteiger partial charge on any atom is -0.487 e. The van der Waals surface area contributed by atoms with Crippen molar-refractivity contribution in [3.63, 3.8) is 0 Å². The molecule has 0 saturated carbocycles. The third-order valence-corrected chi connectivity index (χ3v) is 4.60. The van der Waals surface area contributed by atoms with E-state index in [9.17, 15) is 9.59 Å². The van der Waals surface area contributed by atoms with Crippen molar-refractivity contribution in [2.24, 2.45) is 0 Å². The summed E-state index contributed by atoms with van der Waals surface area (Å²) in [4.78, 5) is 29.0. The second kappa shape index (κ2) is 4.21. The Kier molecular flexibility index (Phi) is 2.75. The van der Waals surface area contributed by atoms with Gasteiger partial charge in [-0.3, -0.25) is 14.9 Å². The molecule has 0 aliphatic carbocycles. The SMILES string of the molecule is COc1scc2c1CN([C@]1(C)CCC(=O)NC1=O)O2. The number of nitrogens with zero attached hydrogens (tertiary/aromatic N) is 1. The first kappa shape index (κ1) is 12.4. The second-order valence-electron chi connectivity index (χ2n) is 4.85. The van der Waals surface area contributed by atoms with Crippen molar-refractivity contribution in [2.45, 2.75) is 31.8 Å². The summed E-state index contributed by atoms with van der Waals surface area (Å²) < 4.78 is 5.27. The van der Waals surface area contributed by atoms with Gasteiger partial charge in [0.05, 0.1) is 19.2 Å². The monoisotopic (exact) mass is 282 g/mol. The standard InChI is InChI=1S/C12H14N2O4S/c1-12(4-3-9(15)13-11(12)16)14-5-7-8(18-14)6-19-10(7)17-2/h6H,3-5H2,1-2H3,(H,13,15,16)/t12-/m1/s1. The molecule has 2 amide bonds. The maximum atomic E-state index is 12.1. The van der Waals surface area contributed by atoms with Gasteiger partial charge in [0.25, 0.3) is 0 Å². The fraction of sp³-hybridized carbons (Fsp3) is 0.500. The second-order valence-corrected chi connectivity index (χ2v) is 5.69. The van der Waals surface area contributed by atoms with Crippen LogP contribution in [0, 0.1) is 0 Å². The van der Waals surface area contributed by atoms with Gasteiger partial charge in [0, 0.05) is 11.8 Å². The number of fused-ring (bicyclic) bond motifs is 1. The molecule has 0 bridgehead atoms. The Labute approximate surface area is 114 Å². The number of carbonyl (C=O) groups excluding carboxylic acids is 2. The van der Waals surface area contributed by atoms with E-state index in [1.54, 1.807) is 19.1 Å². The van der Waals surface area contributed by atoms with Crippen molar-refractivity contribution in [3.05, 3.63) is 10.9 Å². The first-order valence-corrected chi connectivity index (χ1v) is 6.87. The molecule has 1 saturated heterocycles. The summed E-state index contributed by atoms with van der Waals surface area (Å²) in [5, 5.41) is 6.66. The molecule has 19 heavy (non-hydrogen) atoms. The molecular weight excluding hydrogens is 268 g/mol. The molecule has 1 fully saturated rings. The summed E-state index contributed by atoms with van der Waals surface area (Å²) in [5.74, 6) is 0.192. The largest absolute Gasteiger partial charge is 0.487 e. The van der Waals surface area contributed by atoms with E-state index in [0.29, 0.717) is 19.4 Å². The van der Waals surface area contributed by atoms with Crippen molar-refractivity contribution in [1.29, 1.82) is 0 Å². The number of nitrogens with one attached hydrogen (secondary N) is 1. The molecule has 0 radical (unpaired) electrons. The molecular formula is C12H14N2O4S. The van der Waals surface area contributed by atoms with Gasteiger partial charge in [-0.25, -0.2) is 0 Å². The van der Waals surface area contributed by atoms with Crippen LogP contribution in [-0.2, 0) is 16.1 Å². The van der Waals surface area contributed by atoms with E-state index < -0.39 is 5.54 Å². The van der Waals surface area contributed by atoms with E-state index in [4.69, 9.17) is 9.57 Å². The zero-order valence-corrected chi connectivity index (χ0v) is 11.5. The van der Waals surface area contributed by atoms with Crippen molar-refractivity contribution in [3.8, 4) is 10.8 Å². The van der Waals surface area contributed by atoms with E-state index in [-0.39, 0.29) is 11.8 Å². The fourth-order valence-electron chi connectivity index (χ4n) is 2.34. The molecule has 3 heterocycles. The van der Waals surface area contributed by atoms with Gasteiger partial charge < -0.3 is 9.57 Å². The highest BCUT2D eigenvalue weighted by Gasteiger charge is 2.48. The molecule has 1 aromatic rings. The molecule has 2 aliphatic rings. The molecule has 1 atom stereocenters. The van der Waals surface area contributed by atoms with Crippen LogP contribution < -0.4 is 14.9 Å². The molecule has 2 aliphatic heterocycles. The molecule has 0 spiro atoms. The predicted octanol–water partition coefficient (Wildman–Crippen LogP) is 1.06. The Bertz CT molecular complexity index is 556. The van der Waals surface area contributed by atoms with Gasteiger partial charge in [-0.15, -0.1) is 16.4 Å². The number of hydrogen-bond acceptors (Lipinski definition) is 6. The smallest absolute Gasteiger partial charge is 0.250 e. The molecule has 1 N–H and O–H groups in total. The number of hydrogen-bond donors (Lipinski definition) is 1. The molecule has 0 aromatic carbocycles. The van der Waals surface area contributed by atoms with Gasteiger partial charge in [-0.1, -0.05) is 0 Å². The van der Waals surface area contributed by atoms with Crippen LogP contribution in [0.4, 0.5) is 0 Å². The lowest BCUT2D eigenvalue weighted by molar-refractivity contribution is -0.169. The Morgan fingerprint density at radius 1 is 1.53 bits per heavy atom. The first-order valence-electron chi connectivity index (χ1n) is 5.99. The normalized spacial score (nSPS) is 26.8. The number of thiophene rings is 1. The van der Waals surface area contributed by atoms with E-state index in [1.807, 2.05) is 5.38 Å². The third kappa shape index (κ3) is 1.81. The fourth-order valence-corrected chi connectivity index (χ4v) is 3.15. The number of rotatable bonds is 2. The van der Waals surface area contributed by atoms with Crippen LogP contribution in [0.15, 0.2) is 5.38 Å². The minimum atomic E-state index is -0.824. The van der Waals surface area contributed by atoms with Crippen LogP contribution in [0.2, 0.25) is 0 Å². The van der Waals surface area contributed by atoms with Crippen LogP contribution in [0.3, 0.4) is 0 Å². The molecule has 102 valence electrons. The first-order chi connectivity index (χ1) is 9.04. The maximum Gasteiger partial charge on any atom is 0.250 e. The Morgan fingerprint density at radius 3 is 3.00 bits per heavy atom. The van der Waals surface area contributed by atoms with Gasteiger partial charge in [0.15, 0.2) is 10.8 Å². The van der Waals surface area contributed by atoms with E-state index in [2.05, 4.69) is 5.32 Å². The van der Waals surface area contributed by atoms with Gasteiger partial charge in [-0.2, -0.15) is 0 Å². The number of piperidine rings is 1. The average molecular weight is 282 g/mol. The van der Waals surface area contributed by atoms with E-state index in [1.165, 1.54) is 11.3 Å². The highest BCUT2D eigenvalue weighted by Crippen LogP contribution is 2.44. The van der Waals surface area contributed by atoms with Gasteiger partial charge in [0.2, 0.25) is 11.8 Å². The quantitative estimate of drug-likeness (QED) is 0.822. The number of amides is 2. The maximum absolute atomic E-state index is 12.1. The van der Waals surface area contributed by atoms with E-state index in [0.717, 1.165) is 16.4 Å². The zero-order chi connectivity index (χ0) is 13.6. The highest BCUT2D eigenvalue weighted by molar-refractivity contribution is 7.12.